The molecule has 0 spiro atoms. The number of alkyl halides is 3. The molecule has 0 bridgehead atoms. The molecule has 2 aliphatic heterocycles. The van der Waals surface area contributed by atoms with E-state index < -0.39 is 41.7 Å². The van der Waals surface area contributed by atoms with Gasteiger partial charge in [-0.15, -0.1) is 0 Å². The van der Waals surface area contributed by atoms with E-state index in [1.807, 2.05) is 0 Å². The molecule has 2 aromatic carbocycles. The van der Waals surface area contributed by atoms with Crippen LogP contribution in [-0.4, -0.2) is 42.5 Å². The second-order valence-electron chi connectivity index (χ2n) is 7.79. The van der Waals surface area contributed by atoms with Gasteiger partial charge in [0, 0.05) is 12.1 Å². The van der Waals surface area contributed by atoms with E-state index in [1.165, 1.54) is 13.0 Å². The number of carbonyl (C=O) groups is 3. The molecule has 1 fully saturated rings. The van der Waals surface area contributed by atoms with Gasteiger partial charge in [-0.1, -0.05) is 12.1 Å². The first kappa shape index (κ1) is 22.4. The van der Waals surface area contributed by atoms with Crippen LogP contribution in [0.4, 0.5) is 23.7 Å². The number of nitrogens with one attached hydrogen (secondary N) is 2. The van der Waals surface area contributed by atoms with E-state index in [9.17, 15) is 27.6 Å². The average Bonchev–Trinajstić information content (AvgIpc) is 2.92. The Hall–Kier alpha value is -3.76. The number of nitrogens with zero attached hydrogens (tertiary/aromatic N) is 1. The van der Waals surface area contributed by atoms with Crippen molar-refractivity contribution in [1.29, 1.82) is 0 Å². The van der Waals surface area contributed by atoms with E-state index in [0.717, 1.165) is 18.2 Å². The Morgan fingerprint density at radius 1 is 1.12 bits per heavy atom. The van der Waals surface area contributed by atoms with Crippen molar-refractivity contribution in [2.24, 2.45) is 0 Å². The van der Waals surface area contributed by atoms with Crippen LogP contribution in [0.5, 0.6) is 11.5 Å². The summed E-state index contributed by atoms with van der Waals surface area (Å²) in [6.07, 6.45) is -3.87. The third kappa shape index (κ3) is 4.43. The molecule has 1 atom stereocenters. The van der Waals surface area contributed by atoms with Gasteiger partial charge in [-0.25, -0.2) is 4.79 Å². The number of hydrogen-bond acceptors (Lipinski definition) is 5. The molecule has 33 heavy (non-hydrogen) atoms. The van der Waals surface area contributed by atoms with Gasteiger partial charge in [0.25, 0.3) is 5.91 Å². The second-order valence-corrected chi connectivity index (χ2v) is 7.79. The van der Waals surface area contributed by atoms with Crippen molar-refractivity contribution in [1.82, 2.24) is 10.2 Å². The van der Waals surface area contributed by atoms with E-state index in [1.54, 1.807) is 18.2 Å². The van der Waals surface area contributed by atoms with Crippen LogP contribution < -0.4 is 20.1 Å². The van der Waals surface area contributed by atoms with Crippen LogP contribution in [0, 0.1) is 0 Å². The highest BCUT2D eigenvalue weighted by atomic mass is 19.4. The highest BCUT2D eigenvalue weighted by Crippen LogP contribution is 2.36. The van der Waals surface area contributed by atoms with Gasteiger partial charge in [0.15, 0.2) is 11.5 Å². The maximum atomic E-state index is 13.1. The number of hydrogen-bond donors (Lipinski definition) is 2. The van der Waals surface area contributed by atoms with Gasteiger partial charge in [-0.3, -0.25) is 14.5 Å². The van der Waals surface area contributed by atoms with Crippen molar-refractivity contribution in [2.45, 2.75) is 25.1 Å². The topological polar surface area (TPSA) is 97.0 Å². The van der Waals surface area contributed by atoms with Gasteiger partial charge in [-0.2, -0.15) is 13.2 Å². The highest BCUT2D eigenvalue weighted by Gasteiger charge is 2.49. The minimum Gasteiger partial charge on any atom is -0.490 e. The third-order valence-electron chi connectivity index (χ3n) is 5.38. The zero-order valence-electron chi connectivity index (χ0n) is 17.5. The summed E-state index contributed by atoms with van der Waals surface area (Å²) in [7, 11) is 0. The molecule has 2 aliphatic rings. The quantitative estimate of drug-likeness (QED) is 0.679. The Bertz CT molecular complexity index is 1120. The Kier molecular flexibility index (Phi) is 5.64. The molecule has 174 valence electrons. The lowest BCUT2D eigenvalue weighted by Gasteiger charge is -2.23. The van der Waals surface area contributed by atoms with Gasteiger partial charge in [0.1, 0.15) is 12.1 Å². The molecule has 0 unspecified atom stereocenters. The first-order chi connectivity index (χ1) is 15.6. The first-order valence-electron chi connectivity index (χ1n) is 10.1. The van der Waals surface area contributed by atoms with Gasteiger partial charge >= 0.3 is 12.2 Å². The number of anilines is 1. The Morgan fingerprint density at radius 2 is 1.85 bits per heavy atom. The molecule has 2 N–H and O–H groups in total. The average molecular weight is 463 g/mol. The summed E-state index contributed by atoms with van der Waals surface area (Å²) in [5, 5.41) is 4.87. The summed E-state index contributed by atoms with van der Waals surface area (Å²) in [6.45, 7) is 1.77. The highest BCUT2D eigenvalue weighted by molar-refractivity contribution is 6.10. The van der Waals surface area contributed by atoms with E-state index in [-0.39, 0.29) is 5.69 Å². The maximum absolute atomic E-state index is 13.1. The number of ether oxygens (including phenoxy) is 2. The van der Waals surface area contributed by atoms with Crippen LogP contribution in [0.3, 0.4) is 0 Å². The summed E-state index contributed by atoms with van der Waals surface area (Å²) in [6, 6.07) is 8.13. The summed E-state index contributed by atoms with van der Waals surface area (Å²) < 4.78 is 49.8. The molecule has 2 aromatic rings. The predicted molar refractivity (Wildman–Crippen MR) is 110 cm³/mol. The number of carbonyl (C=O) groups excluding carboxylic acids is 3. The van der Waals surface area contributed by atoms with Crippen LogP contribution in [-0.2, 0) is 21.3 Å². The molecule has 1 saturated heterocycles. The molecule has 4 rings (SSSR count). The fourth-order valence-corrected chi connectivity index (χ4v) is 3.63. The van der Waals surface area contributed by atoms with Crippen molar-refractivity contribution in [3.63, 3.8) is 0 Å². The number of rotatable bonds is 4. The van der Waals surface area contributed by atoms with E-state index >= 15 is 0 Å². The number of amides is 4. The number of halogens is 3. The first-order valence-corrected chi connectivity index (χ1v) is 10.1. The van der Waals surface area contributed by atoms with Gasteiger partial charge in [0.2, 0.25) is 5.91 Å². The van der Waals surface area contributed by atoms with E-state index in [0.29, 0.717) is 41.6 Å². The van der Waals surface area contributed by atoms with E-state index in [2.05, 4.69) is 10.6 Å². The minimum atomic E-state index is -4.57. The van der Waals surface area contributed by atoms with Crippen molar-refractivity contribution in [3.8, 4) is 11.5 Å². The monoisotopic (exact) mass is 463 g/mol. The lowest BCUT2D eigenvalue weighted by atomic mass is 9.91. The zero-order valence-corrected chi connectivity index (χ0v) is 17.5. The summed E-state index contributed by atoms with van der Waals surface area (Å²) in [5.41, 5.74) is -2.06. The number of urea groups is 1. The Labute approximate surface area is 186 Å². The number of benzene rings is 2. The molecule has 4 amide bonds. The fraction of sp³-hybridized carbons (Fsp3) is 0.318. The smallest absolute Gasteiger partial charge is 0.416 e. The van der Waals surface area contributed by atoms with Crippen molar-refractivity contribution in [3.05, 3.63) is 53.6 Å². The number of fused-ring (bicyclic) bond motifs is 1. The largest absolute Gasteiger partial charge is 0.490 e. The van der Waals surface area contributed by atoms with Gasteiger partial charge < -0.3 is 20.1 Å². The van der Waals surface area contributed by atoms with Crippen LogP contribution >= 0.6 is 0 Å². The lowest BCUT2D eigenvalue weighted by molar-refractivity contribution is -0.137. The molecule has 0 aromatic heterocycles. The molecule has 8 nitrogen and oxygen atoms in total. The normalized spacial score (nSPS) is 20.3. The summed E-state index contributed by atoms with van der Waals surface area (Å²) in [5.74, 6) is -0.537. The van der Waals surface area contributed by atoms with Gasteiger partial charge in [0.05, 0.1) is 18.8 Å². The lowest BCUT2D eigenvalue weighted by Crippen LogP contribution is -2.42. The Morgan fingerprint density at radius 3 is 2.58 bits per heavy atom. The summed E-state index contributed by atoms with van der Waals surface area (Å²) >= 11 is 0. The van der Waals surface area contributed by atoms with Crippen LogP contribution in [0.1, 0.15) is 24.5 Å². The van der Waals surface area contributed by atoms with Crippen molar-refractivity contribution in [2.75, 3.05) is 25.1 Å². The molecule has 0 aliphatic carbocycles. The SMILES string of the molecule is C[C@]1(c2ccc3c(c2)OCCCO3)NC(=O)N(CC(=O)Nc2cccc(C(F)(F)F)c2)C1=O. The standard InChI is InChI=1S/C22H20F3N3O5/c1-21(13-6-7-16-17(11-13)33-9-3-8-32-16)19(30)28(20(31)27-21)12-18(29)26-15-5-2-4-14(10-15)22(23,24)25/h2,4-7,10-11H,3,8-9,12H2,1H3,(H,26,29)(H,27,31)/t21-/m1/s1. The van der Waals surface area contributed by atoms with Crippen molar-refractivity contribution >= 4 is 23.5 Å². The van der Waals surface area contributed by atoms with E-state index in [4.69, 9.17) is 9.47 Å². The van der Waals surface area contributed by atoms with Gasteiger partial charge in [-0.05, 0) is 42.8 Å². The zero-order chi connectivity index (χ0) is 23.8. The minimum absolute atomic E-state index is 0.104. The fourth-order valence-electron chi connectivity index (χ4n) is 3.63. The summed E-state index contributed by atoms with van der Waals surface area (Å²) in [4.78, 5) is 38.7. The molecule has 0 radical (unpaired) electrons. The molecule has 11 heteroatoms. The van der Waals surface area contributed by atoms with Crippen LogP contribution in [0.15, 0.2) is 42.5 Å². The van der Waals surface area contributed by atoms with Crippen LogP contribution in [0.2, 0.25) is 0 Å². The molecular weight excluding hydrogens is 443 g/mol. The van der Waals surface area contributed by atoms with Crippen LogP contribution in [0.25, 0.3) is 0 Å². The molecule has 0 saturated carbocycles. The predicted octanol–water partition coefficient (Wildman–Crippen LogP) is 3.27. The number of imide groups is 1. The maximum Gasteiger partial charge on any atom is 0.416 e. The van der Waals surface area contributed by atoms with Crippen molar-refractivity contribution < 1.29 is 37.0 Å². The molecule has 2 heterocycles. The second kappa shape index (κ2) is 8.30. The third-order valence-corrected chi connectivity index (χ3v) is 5.38. The molecular formula is C22H20F3N3O5. The Balaban J connectivity index is 1.49.